The summed E-state index contributed by atoms with van der Waals surface area (Å²) in [5, 5.41) is 14.7. The largest absolute Gasteiger partial charge is 0.310 e. The molecule has 2 aromatic heterocycles. The Bertz CT molecular complexity index is 765. The van der Waals surface area contributed by atoms with Gasteiger partial charge >= 0.3 is 5.69 Å². The minimum Gasteiger partial charge on any atom is -0.310 e. The van der Waals surface area contributed by atoms with Crippen LogP contribution in [0, 0.1) is 10.1 Å². The van der Waals surface area contributed by atoms with Gasteiger partial charge in [0, 0.05) is 19.3 Å². The quantitative estimate of drug-likeness (QED) is 0.388. The Balaban J connectivity index is 2.23. The standard InChI is InChI=1S/C9H12N6O4S2/c1-14-6(2-3-11-14)5-12-21(18,19)8-4-7(15(16)17)9(13-10)20-8/h2-4,12-13H,5,10H2,1H3. The lowest BCUT2D eigenvalue weighted by Gasteiger charge is -2.04. The summed E-state index contributed by atoms with van der Waals surface area (Å²) in [4.78, 5) is 10.1. The van der Waals surface area contributed by atoms with Gasteiger partial charge in [0.05, 0.1) is 17.2 Å². The first kappa shape index (κ1) is 15.4. The smallest absolute Gasteiger partial charge is 0.306 e. The van der Waals surface area contributed by atoms with Crippen molar-refractivity contribution in [3.63, 3.8) is 0 Å². The first-order valence-corrected chi connectivity index (χ1v) is 7.86. The van der Waals surface area contributed by atoms with Gasteiger partial charge in [-0.2, -0.15) is 5.10 Å². The van der Waals surface area contributed by atoms with Crippen LogP contribution in [0.25, 0.3) is 0 Å². The van der Waals surface area contributed by atoms with Gasteiger partial charge in [0.25, 0.3) is 10.0 Å². The van der Waals surface area contributed by atoms with Crippen LogP contribution < -0.4 is 16.0 Å². The highest BCUT2D eigenvalue weighted by Crippen LogP contribution is 2.36. The summed E-state index contributed by atoms with van der Waals surface area (Å²) in [7, 11) is -2.19. The molecule has 0 bridgehead atoms. The van der Waals surface area contributed by atoms with Crippen molar-refractivity contribution in [3.05, 3.63) is 34.1 Å². The number of aryl methyl sites for hydroxylation is 1. The van der Waals surface area contributed by atoms with Gasteiger partial charge in [-0.1, -0.05) is 11.3 Å². The molecule has 10 nitrogen and oxygen atoms in total. The van der Waals surface area contributed by atoms with Crippen LogP contribution >= 0.6 is 11.3 Å². The van der Waals surface area contributed by atoms with Crippen LogP contribution in [0.15, 0.2) is 22.5 Å². The first-order valence-electron chi connectivity index (χ1n) is 5.56. The third-order valence-corrected chi connectivity index (χ3v) is 5.58. The number of nitrogen functional groups attached to an aromatic ring is 1. The van der Waals surface area contributed by atoms with Gasteiger partial charge in [-0.15, -0.1) is 0 Å². The second-order valence-corrected chi connectivity index (χ2v) is 7.00. The van der Waals surface area contributed by atoms with Crippen molar-refractivity contribution in [2.75, 3.05) is 5.43 Å². The normalized spacial score (nSPS) is 11.5. The maximum atomic E-state index is 12.1. The number of hydrogen-bond donors (Lipinski definition) is 3. The summed E-state index contributed by atoms with van der Waals surface area (Å²) in [5.41, 5.74) is 2.39. The van der Waals surface area contributed by atoms with Crippen LogP contribution in [-0.4, -0.2) is 23.1 Å². The van der Waals surface area contributed by atoms with Crippen molar-refractivity contribution < 1.29 is 13.3 Å². The molecule has 0 aliphatic rings. The van der Waals surface area contributed by atoms with Crippen molar-refractivity contribution in [2.45, 2.75) is 10.8 Å². The number of hydrazine groups is 1. The molecular weight excluding hydrogens is 320 g/mol. The fourth-order valence-electron chi connectivity index (χ4n) is 1.55. The fourth-order valence-corrected chi connectivity index (χ4v) is 3.83. The van der Waals surface area contributed by atoms with Crippen LogP contribution in [0.2, 0.25) is 0 Å². The van der Waals surface area contributed by atoms with Crippen molar-refractivity contribution in [3.8, 4) is 0 Å². The highest BCUT2D eigenvalue weighted by molar-refractivity contribution is 7.91. The fraction of sp³-hybridized carbons (Fsp3) is 0.222. The Hall–Kier alpha value is -2.02. The molecule has 0 unspecified atom stereocenters. The Labute approximate surface area is 123 Å². The lowest BCUT2D eigenvalue weighted by Crippen LogP contribution is -2.23. The number of rotatable bonds is 6. The number of anilines is 1. The number of nitro groups is 1. The molecule has 4 N–H and O–H groups in total. The molecule has 2 heterocycles. The van der Waals surface area contributed by atoms with Gasteiger partial charge in [-0.05, 0) is 6.07 Å². The zero-order valence-electron chi connectivity index (χ0n) is 10.8. The molecule has 0 aromatic carbocycles. The highest BCUT2D eigenvalue weighted by atomic mass is 32.2. The van der Waals surface area contributed by atoms with Crippen molar-refractivity contribution in [1.82, 2.24) is 14.5 Å². The van der Waals surface area contributed by atoms with Crippen molar-refractivity contribution in [1.29, 1.82) is 0 Å². The molecule has 21 heavy (non-hydrogen) atoms. The molecule has 0 aliphatic carbocycles. The van der Waals surface area contributed by atoms with Crippen molar-refractivity contribution in [2.24, 2.45) is 12.9 Å². The van der Waals surface area contributed by atoms with Crippen LogP contribution in [0.1, 0.15) is 5.69 Å². The van der Waals surface area contributed by atoms with E-state index in [1.54, 1.807) is 13.1 Å². The number of aromatic nitrogens is 2. The minimum atomic E-state index is -3.87. The van der Waals surface area contributed by atoms with E-state index in [2.05, 4.69) is 15.2 Å². The van der Waals surface area contributed by atoms with Gasteiger partial charge < -0.3 is 5.43 Å². The summed E-state index contributed by atoms with van der Waals surface area (Å²) in [6.45, 7) is 0.0237. The van der Waals surface area contributed by atoms with E-state index in [9.17, 15) is 18.5 Å². The zero-order valence-corrected chi connectivity index (χ0v) is 12.4. The van der Waals surface area contributed by atoms with Gasteiger partial charge in [0.2, 0.25) is 0 Å². The third kappa shape index (κ3) is 3.18. The van der Waals surface area contributed by atoms with E-state index < -0.39 is 14.9 Å². The molecule has 0 aliphatic heterocycles. The molecule has 114 valence electrons. The highest BCUT2D eigenvalue weighted by Gasteiger charge is 2.25. The summed E-state index contributed by atoms with van der Waals surface area (Å²) in [5.74, 6) is 5.15. The lowest BCUT2D eigenvalue weighted by atomic mass is 10.4. The molecule has 12 heteroatoms. The maximum absolute atomic E-state index is 12.1. The van der Waals surface area contributed by atoms with Crippen LogP contribution in [0.5, 0.6) is 0 Å². The molecule has 0 atom stereocenters. The van der Waals surface area contributed by atoms with E-state index in [4.69, 9.17) is 5.84 Å². The first-order chi connectivity index (χ1) is 9.85. The number of nitrogens with one attached hydrogen (secondary N) is 2. The van der Waals surface area contributed by atoms with E-state index >= 15 is 0 Å². The van der Waals surface area contributed by atoms with Crippen LogP contribution in [0.3, 0.4) is 0 Å². The number of hydrogen-bond acceptors (Lipinski definition) is 8. The Morgan fingerprint density at radius 1 is 1.57 bits per heavy atom. The Kier molecular flexibility index (Phi) is 4.22. The van der Waals surface area contributed by atoms with E-state index in [1.807, 2.05) is 0 Å². The second-order valence-electron chi connectivity index (χ2n) is 3.95. The van der Waals surface area contributed by atoms with E-state index in [-0.39, 0.29) is 21.4 Å². The average molecular weight is 332 g/mol. The third-order valence-electron chi connectivity index (χ3n) is 2.65. The summed E-state index contributed by atoms with van der Waals surface area (Å²) in [6.07, 6.45) is 1.54. The molecule has 2 rings (SSSR count). The topological polar surface area (TPSA) is 145 Å². The average Bonchev–Trinajstić information content (AvgIpc) is 3.02. The summed E-state index contributed by atoms with van der Waals surface area (Å²) in [6, 6.07) is 2.62. The van der Waals surface area contributed by atoms with Gasteiger partial charge in [0.1, 0.15) is 4.21 Å². The van der Waals surface area contributed by atoms with E-state index in [1.165, 1.54) is 10.9 Å². The van der Waals surface area contributed by atoms with Crippen molar-refractivity contribution >= 4 is 32.0 Å². The van der Waals surface area contributed by atoms with Gasteiger partial charge in [-0.3, -0.25) is 14.8 Å². The van der Waals surface area contributed by atoms with Crippen LogP contribution in [-0.2, 0) is 23.6 Å². The minimum absolute atomic E-state index is 0.0237. The summed E-state index contributed by atoms with van der Waals surface area (Å²) >= 11 is 0.686. The molecule has 0 radical (unpaired) electrons. The van der Waals surface area contributed by atoms with Gasteiger partial charge in [-0.25, -0.2) is 19.0 Å². The SMILES string of the molecule is Cn1nccc1CNS(=O)(=O)c1cc([N+](=O)[O-])c(NN)s1. The lowest BCUT2D eigenvalue weighted by molar-refractivity contribution is -0.383. The van der Waals surface area contributed by atoms with E-state index in [0.29, 0.717) is 17.0 Å². The maximum Gasteiger partial charge on any atom is 0.306 e. The number of sulfonamides is 1. The number of nitrogens with two attached hydrogens (primary N) is 1. The molecule has 0 spiro atoms. The molecule has 0 saturated heterocycles. The molecule has 2 aromatic rings. The monoisotopic (exact) mass is 332 g/mol. The summed E-state index contributed by atoms with van der Waals surface area (Å²) < 4.78 is 27.9. The predicted molar refractivity (Wildman–Crippen MR) is 76.0 cm³/mol. The van der Waals surface area contributed by atoms with E-state index in [0.717, 1.165) is 6.07 Å². The number of thiophene rings is 1. The Morgan fingerprint density at radius 3 is 2.76 bits per heavy atom. The zero-order chi connectivity index (χ0) is 15.6. The molecule has 0 amide bonds. The molecule has 0 saturated carbocycles. The molecular formula is C9H12N6O4S2. The second kappa shape index (κ2) is 5.77. The number of nitrogens with zero attached hydrogens (tertiary/aromatic N) is 3. The Morgan fingerprint density at radius 2 is 2.29 bits per heavy atom. The predicted octanol–water partition coefficient (Wildman–Crippen LogP) is 0.154. The van der Waals surface area contributed by atoms with Crippen LogP contribution in [0.4, 0.5) is 10.7 Å². The van der Waals surface area contributed by atoms with Gasteiger partial charge in [0.15, 0.2) is 5.00 Å². The molecule has 0 fully saturated rings.